The number of nitrogens with zero attached hydrogens (tertiary/aromatic N) is 1. The third-order valence-corrected chi connectivity index (χ3v) is 4.60. The van der Waals surface area contributed by atoms with Crippen molar-refractivity contribution in [1.82, 2.24) is 15.5 Å². The van der Waals surface area contributed by atoms with Crippen molar-refractivity contribution in [2.24, 2.45) is 5.14 Å². The van der Waals surface area contributed by atoms with Gasteiger partial charge in [-0.3, -0.25) is 9.89 Å². The van der Waals surface area contributed by atoms with E-state index in [0.29, 0.717) is 24.0 Å². The summed E-state index contributed by atoms with van der Waals surface area (Å²) in [5.74, 6) is -0.189. The van der Waals surface area contributed by atoms with E-state index in [1.54, 1.807) is 30.5 Å². The summed E-state index contributed by atoms with van der Waals surface area (Å²) < 4.78 is 22.4. The maximum atomic E-state index is 12.3. The van der Waals surface area contributed by atoms with Gasteiger partial charge in [0.15, 0.2) is 0 Å². The lowest BCUT2D eigenvalue weighted by Crippen LogP contribution is -2.26. The normalized spacial score (nSPS) is 11.5. The molecule has 1 aromatic heterocycles. The summed E-state index contributed by atoms with van der Waals surface area (Å²) in [4.78, 5) is 12.3. The lowest BCUT2D eigenvalue weighted by Gasteiger charge is -2.07. The number of rotatable bonds is 5. The van der Waals surface area contributed by atoms with E-state index in [1.807, 2.05) is 6.07 Å². The largest absolute Gasteiger partial charge is 0.352 e. The van der Waals surface area contributed by atoms with Gasteiger partial charge in [-0.25, -0.2) is 13.6 Å². The highest BCUT2D eigenvalue weighted by Gasteiger charge is 2.11. The first-order valence-electron chi connectivity index (χ1n) is 7.27. The van der Waals surface area contributed by atoms with Crippen molar-refractivity contribution < 1.29 is 13.2 Å². The molecule has 4 N–H and O–H groups in total. The van der Waals surface area contributed by atoms with Gasteiger partial charge in [0.1, 0.15) is 0 Å². The summed E-state index contributed by atoms with van der Waals surface area (Å²) in [7, 11) is -3.68. The minimum absolute atomic E-state index is 0.0706. The van der Waals surface area contributed by atoms with E-state index in [0.717, 1.165) is 10.9 Å². The average molecular weight is 344 g/mol. The number of primary sulfonamides is 1. The van der Waals surface area contributed by atoms with Crippen LogP contribution in [0, 0.1) is 0 Å². The number of benzene rings is 2. The molecule has 2 aromatic carbocycles. The molecule has 24 heavy (non-hydrogen) atoms. The van der Waals surface area contributed by atoms with Crippen LogP contribution in [0.15, 0.2) is 53.6 Å². The first-order valence-corrected chi connectivity index (χ1v) is 8.82. The fraction of sp³-hybridized carbons (Fsp3) is 0.125. The zero-order valence-electron chi connectivity index (χ0n) is 12.7. The highest BCUT2D eigenvalue weighted by molar-refractivity contribution is 7.89. The molecular weight excluding hydrogens is 328 g/mol. The standard InChI is InChI=1S/C16H16N4O3S/c17-24(22,23)13-6-4-11(5-7-13)8-9-18-16(21)14-3-1-2-12-10-19-20-15(12)14/h1-7,10H,8-9H2,(H,18,21)(H,19,20)(H2,17,22,23). The number of carbonyl (C=O) groups excluding carboxylic acids is 1. The van der Waals surface area contributed by atoms with Gasteiger partial charge in [0, 0.05) is 11.9 Å². The van der Waals surface area contributed by atoms with E-state index in [4.69, 9.17) is 5.14 Å². The molecule has 3 aromatic rings. The van der Waals surface area contributed by atoms with Crippen LogP contribution in [0.5, 0.6) is 0 Å². The van der Waals surface area contributed by atoms with Gasteiger partial charge in [-0.1, -0.05) is 24.3 Å². The molecule has 0 unspecified atom stereocenters. The second-order valence-corrected chi connectivity index (χ2v) is 6.90. The molecule has 3 rings (SSSR count). The molecule has 1 amide bonds. The summed E-state index contributed by atoms with van der Waals surface area (Å²) in [6.45, 7) is 0.429. The Hall–Kier alpha value is -2.71. The van der Waals surface area contributed by atoms with Crippen molar-refractivity contribution in [2.75, 3.05) is 6.54 Å². The highest BCUT2D eigenvalue weighted by atomic mass is 32.2. The minimum atomic E-state index is -3.68. The Morgan fingerprint density at radius 3 is 2.62 bits per heavy atom. The lowest BCUT2D eigenvalue weighted by molar-refractivity contribution is 0.0955. The van der Waals surface area contributed by atoms with Crippen LogP contribution in [0.2, 0.25) is 0 Å². The molecule has 1 heterocycles. The molecular formula is C16H16N4O3S. The molecule has 0 saturated heterocycles. The minimum Gasteiger partial charge on any atom is -0.352 e. The molecule has 0 aliphatic rings. The van der Waals surface area contributed by atoms with Crippen molar-refractivity contribution in [2.45, 2.75) is 11.3 Å². The van der Waals surface area contributed by atoms with E-state index >= 15 is 0 Å². The molecule has 0 bridgehead atoms. The monoisotopic (exact) mass is 344 g/mol. The number of amides is 1. The Morgan fingerprint density at radius 2 is 1.92 bits per heavy atom. The van der Waals surface area contributed by atoms with Crippen LogP contribution in [-0.4, -0.2) is 31.1 Å². The molecule has 0 fully saturated rings. The second kappa shape index (κ2) is 6.42. The SMILES string of the molecule is NS(=O)(=O)c1ccc(CCNC(=O)c2cccc3cn[nH]c23)cc1. The van der Waals surface area contributed by atoms with Crippen LogP contribution >= 0.6 is 0 Å². The number of hydrogen-bond donors (Lipinski definition) is 3. The number of para-hydroxylation sites is 1. The number of nitrogens with one attached hydrogen (secondary N) is 2. The zero-order valence-corrected chi connectivity index (χ0v) is 13.5. The summed E-state index contributed by atoms with van der Waals surface area (Å²) in [5.41, 5.74) is 2.14. The predicted octanol–water partition coefficient (Wildman–Crippen LogP) is 1.18. The Kier molecular flexibility index (Phi) is 4.32. The van der Waals surface area contributed by atoms with Crippen molar-refractivity contribution in [3.8, 4) is 0 Å². The van der Waals surface area contributed by atoms with Crippen molar-refractivity contribution in [1.29, 1.82) is 0 Å². The first-order chi connectivity index (χ1) is 11.4. The van der Waals surface area contributed by atoms with Gasteiger partial charge in [-0.05, 0) is 30.2 Å². The Bertz CT molecular complexity index is 978. The number of sulfonamides is 1. The lowest BCUT2D eigenvalue weighted by atomic mass is 10.1. The second-order valence-electron chi connectivity index (χ2n) is 5.33. The molecule has 0 saturated carbocycles. The Labute approximate surface area is 138 Å². The number of hydrogen-bond acceptors (Lipinski definition) is 4. The van der Waals surface area contributed by atoms with Crippen LogP contribution in [-0.2, 0) is 16.4 Å². The number of carbonyl (C=O) groups is 1. The van der Waals surface area contributed by atoms with Gasteiger partial charge in [0.05, 0.1) is 22.2 Å². The third-order valence-electron chi connectivity index (χ3n) is 3.67. The van der Waals surface area contributed by atoms with Gasteiger partial charge in [-0.2, -0.15) is 5.10 Å². The van der Waals surface area contributed by atoms with Crippen molar-refractivity contribution >= 4 is 26.8 Å². The van der Waals surface area contributed by atoms with Gasteiger partial charge in [0.2, 0.25) is 10.0 Å². The molecule has 0 atom stereocenters. The predicted molar refractivity (Wildman–Crippen MR) is 89.9 cm³/mol. The van der Waals surface area contributed by atoms with E-state index in [2.05, 4.69) is 15.5 Å². The summed E-state index contributed by atoms with van der Waals surface area (Å²) in [6, 6.07) is 11.7. The van der Waals surface area contributed by atoms with Crippen LogP contribution in [0.4, 0.5) is 0 Å². The molecule has 0 spiro atoms. The number of H-pyrrole nitrogens is 1. The van der Waals surface area contributed by atoms with Gasteiger partial charge in [0.25, 0.3) is 5.91 Å². The van der Waals surface area contributed by atoms with Crippen molar-refractivity contribution in [3.05, 3.63) is 59.8 Å². The molecule has 7 nitrogen and oxygen atoms in total. The van der Waals surface area contributed by atoms with Gasteiger partial charge >= 0.3 is 0 Å². The Morgan fingerprint density at radius 1 is 1.17 bits per heavy atom. The summed E-state index contributed by atoms with van der Waals surface area (Å²) >= 11 is 0. The fourth-order valence-corrected chi connectivity index (χ4v) is 2.93. The van der Waals surface area contributed by atoms with E-state index in [9.17, 15) is 13.2 Å². The van der Waals surface area contributed by atoms with Crippen LogP contribution in [0.1, 0.15) is 15.9 Å². The summed E-state index contributed by atoms with van der Waals surface area (Å²) in [6.07, 6.45) is 2.24. The first kappa shape index (κ1) is 16.2. The third kappa shape index (κ3) is 3.44. The van der Waals surface area contributed by atoms with Crippen LogP contribution in [0.3, 0.4) is 0 Å². The highest BCUT2D eigenvalue weighted by Crippen LogP contribution is 2.15. The Balaban J connectivity index is 1.62. The number of nitrogens with two attached hydrogens (primary N) is 1. The maximum Gasteiger partial charge on any atom is 0.253 e. The molecule has 0 radical (unpaired) electrons. The van der Waals surface area contributed by atoms with Crippen LogP contribution in [0.25, 0.3) is 10.9 Å². The van der Waals surface area contributed by atoms with Crippen molar-refractivity contribution in [3.63, 3.8) is 0 Å². The fourth-order valence-electron chi connectivity index (χ4n) is 2.42. The molecule has 0 aliphatic carbocycles. The average Bonchev–Trinajstić information content (AvgIpc) is 3.03. The molecule has 8 heteroatoms. The van der Waals surface area contributed by atoms with E-state index in [-0.39, 0.29) is 10.8 Å². The summed E-state index contributed by atoms with van der Waals surface area (Å²) in [5, 5.41) is 15.5. The van der Waals surface area contributed by atoms with Gasteiger partial charge < -0.3 is 5.32 Å². The number of aromatic nitrogens is 2. The molecule has 124 valence electrons. The maximum absolute atomic E-state index is 12.3. The number of aromatic amines is 1. The topological polar surface area (TPSA) is 118 Å². The van der Waals surface area contributed by atoms with Crippen LogP contribution < -0.4 is 10.5 Å². The zero-order chi connectivity index (χ0) is 17.2. The van der Waals surface area contributed by atoms with E-state index in [1.165, 1.54) is 12.1 Å². The molecule has 0 aliphatic heterocycles. The number of fused-ring (bicyclic) bond motifs is 1. The van der Waals surface area contributed by atoms with Gasteiger partial charge in [-0.15, -0.1) is 0 Å². The van der Waals surface area contributed by atoms with E-state index < -0.39 is 10.0 Å². The quantitative estimate of drug-likeness (QED) is 0.644. The smallest absolute Gasteiger partial charge is 0.253 e.